The lowest BCUT2D eigenvalue weighted by atomic mass is 10.2. The number of aromatic nitrogens is 1. The molecule has 3 aromatic rings. The zero-order valence-corrected chi connectivity index (χ0v) is 18.7. The summed E-state index contributed by atoms with van der Waals surface area (Å²) in [6.07, 6.45) is 0.183. The predicted octanol–water partition coefficient (Wildman–Crippen LogP) is 5.16. The molecule has 0 saturated heterocycles. The summed E-state index contributed by atoms with van der Waals surface area (Å²) in [4.78, 5) is 31.1. The van der Waals surface area contributed by atoms with E-state index in [0.717, 1.165) is 33.0 Å². The van der Waals surface area contributed by atoms with Gasteiger partial charge in [0.25, 0.3) is 5.24 Å². The highest BCUT2D eigenvalue weighted by Gasteiger charge is 2.13. The van der Waals surface area contributed by atoms with Gasteiger partial charge in [-0.1, -0.05) is 12.1 Å². The Morgan fingerprint density at radius 2 is 1.87 bits per heavy atom. The number of carbonyl (C=O) groups is 2. The average Bonchev–Trinajstić information content (AvgIpc) is 3.18. The summed E-state index contributed by atoms with van der Waals surface area (Å²) < 4.78 is 5.67. The van der Waals surface area contributed by atoms with Gasteiger partial charge in [-0.15, -0.1) is 11.3 Å². The third-order valence-corrected chi connectivity index (χ3v) is 5.99. The maximum Gasteiger partial charge on any atom is 0.285 e. The number of hydrogen-bond donors (Lipinski definition) is 1. The van der Waals surface area contributed by atoms with E-state index in [2.05, 4.69) is 10.3 Å². The molecule has 8 heteroatoms. The molecule has 1 aromatic heterocycles. The fourth-order valence-corrected chi connectivity index (χ4v) is 4.11. The number of nitrogens with one attached hydrogen (secondary N) is 1. The van der Waals surface area contributed by atoms with E-state index in [9.17, 15) is 9.59 Å². The molecule has 0 bridgehead atoms. The molecular weight excluding hydrogens is 418 g/mol. The molecule has 0 aliphatic heterocycles. The van der Waals surface area contributed by atoms with Crippen molar-refractivity contribution in [2.24, 2.45) is 0 Å². The molecule has 3 rings (SSSR count). The normalized spacial score (nSPS) is 10.5. The summed E-state index contributed by atoms with van der Waals surface area (Å²) in [5.41, 5.74) is 2.32. The van der Waals surface area contributed by atoms with Crippen molar-refractivity contribution in [2.45, 2.75) is 18.2 Å². The first-order valence-corrected chi connectivity index (χ1v) is 11.1. The quantitative estimate of drug-likeness (QED) is 0.513. The molecule has 0 fully saturated rings. The number of rotatable bonds is 7. The van der Waals surface area contributed by atoms with Crippen LogP contribution >= 0.6 is 23.1 Å². The third kappa shape index (κ3) is 5.84. The minimum absolute atomic E-state index is 0.0444. The monoisotopic (exact) mass is 441 g/mol. The van der Waals surface area contributed by atoms with Crippen LogP contribution in [0.1, 0.15) is 12.6 Å². The largest absolute Gasteiger partial charge is 0.493 e. The summed E-state index contributed by atoms with van der Waals surface area (Å²) in [5, 5.41) is 5.55. The Hall–Kier alpha value is -2.84. The minimum Gasteiger partial charge on any atom is -0.493 e. The van der Waals surface area contributed by atoms with Gasteiger partial charge < -0.3 is 15.0 Å². The van der Waals surface area contributed by atoms with Gasteiger partial charge in [0.1, 0.15) is 10.8 Å². The zero-order chi connectivity index (χ0) is 21.5. The van der Waals surface area contributed by atoms with Crippen LogP contribution < -0.4 is 10.1 Å². The lowest BCUT2D eigenvalue weighted by Gasteiger charge is -2.09. The van der Waals surface area contributed by atoms with Crippen molar-refractivity contribution < 1.29 is 14.3 Å². The van der Waals surface area contributed by atoms with E-state index >= 15 is 0 Å². The fraction of sp³-hybridized carbons (Fsp3) is 0.227. The van der Waals surface area contributed by atoms with Gasteiger partial charge >= 0.3 is 0 Å². The van der Waals surface area contributed by atoms with Crippen LogP contribution in [0.25, 0.3) is 10.6 Å². The van der Waals surface area contributed by atoms with Gasteiger partial charge in [-0.3, -0.25) is 9.59 Å². The predicted molar refractivity (Wildman–Crippen MR) is 122 cm³/mol. The van der Waals surface area contributed by atoms with Crippen molar-refractivity contribution in [3.63, 3.8) is 0 Å². The van der Waals surface area contributed by atoms with E-state index in [-0.39, 0.29) is 17.6 Å². The van der Waals surface area contributed by atoms with Gasteiger partial charge in [-0.2, -0.15) is 0 Å². The van der Waals surface area contributed by atoms with E-state index in [0.29, 0.717) is 18.0 Å². The molecule has 0 saturated carbocycles. The van der Waals surface area contributed by atoms with Crippen molar-refractivity contribution in [3.05, 3.63) is 59.6 Å². The number of nitrogens with zero attached hydrogens (tertiary/aromatic N) is 2. The third-order valence-electron chi connectivity index (χ3n) is 4.02. The molecule has 0 spiro atoms. The minimum atomic E-state index is -0.144. The van der Waals surface area contributed by atoms with Crippen LogP contribution in [0, 0.1) is 0 Å². The van der Waals surface area contributed by atoms with E-state index in [1.165, 1.54) is 16.2 Å². The van der Waals surface area contributed by atoms with Gasteiger partial charge in [-0.05, 0) is 55.1 Å². The van der Waals surface area contributed by atoms with Crippen LogP contribution in [0.2, 0.25) is 0 Å². The van der Waals surface area contributed by atoms with Crippen LogP contribution in [0.3, 0.4) is 0 Å². The molecule has 1 heterocycles. The molecule has 0 aliphatic carbocycles. The first-order chi connectivity index (χ1) is 14.5. The standard InChI is InChI=1S/C22H23N3O3S2/c1-4-28-19-8-6-5-7-18(19)21-24-16(14-29-21)13-20(26)23-15-9-11-17(12-10-15)30-22(27)25(2)3/h5-12,14H,4,13H2,1-3H3,(H,23,26). The zero-order valence-electron chi connectivity index (χ0n) is 17.0. The number of benzene rings is 2. The molecule has 6 nitrogen and oxygen atoms in total. The Kier molecular flexibility index (Phi) is 7.48. The Labute approximate surface area is 184 Å². The van der Waals surface area contributed by atoms with Crippen LogP contribution in [0.4, 0.5) is 10.5 Å². The Morgan fingerprint density at radius 3 is 2.57 bits per heavy atom. The highest BCUT2D eigenvalue weighted by Crippen LogP contribution is 2.32. The molecule has 30 heavy (non-hydrogen) atoms. The number of carbonyl (C=O) groups excluding carboxylic acids is 2. The van der Waals surface area contributed by atoms with Gasteiger partial charge in [0.15, 0.2) is 0 Å². The molecule has 2 amide bonds. The lowest BCUT2D eigenvalue weighted by Crippen LogP contribution is -2.16. The molecular formula is C22H23N3O3S2. The fourth-order valence-electron chi connectivity index (χ4n) is 2.60. The Bertz CT molecular complexity index is 1020. The van der Waals surface area contributed by atoms with Crippen LogP contribution in [0.5, 0.6) is 5.75 Å². The SMILES string of the molecule is CCOc1ccccc1-c1nc(CC(=O)Nc2ccc(SC(=O)N(C)C)cc2)cs1. The van der Waals surface area contributed by atoms with Gasteiger partial charge in [0.2, 0.25) is 5.91 Å². The molecule has 0 atom stereocenters. The number of para-hydroxylation sites is 1. The van der Waals surface area contributed by atoms with Gasteiger partial charge in [0, 0.05) is 30.1 Å². The molecule has 0 unspecified atom stereocenters. The van der Waals surface area contributed by atoms with Gasteiger partial charge in [0.05, 0.1) is 24.3 Å². The maximum absolute atomic E-state index is 12.4. The van der Waals surface area contributed by atoms with Crippen LogP contribution in [0.15, 0.2) is 58.8 Å². The number of thiazole rings is 1. The highest BCUT2D eigenvalue weighted by molar-refractivity contribution is 8.13. The molecule has 0 radical (unpaired) electrons. The van der Waals surface area contributed by atoms with Crippen molar-refractivity contribution in [3.8, 4) is 16.3 Å². The summed E-state index contributed by atoms with van der Waals surface area (Å²) in [7, 11) is 3.42. The van der Waals surface area contributed by atoms with E-state index < -0.39 is 0 Å². The second kappa shape index (κ2) is 10.3. The number of thioether (sulfide) groups is 1. The van der Waals surface area contributed by atoms with Crippen molar-refractivity contribution in [1.29, 1.82) is 0 Å². The molecule has 2 aromatic carbocycles. The second-order valence-electron chi connectivity index (χ2n) is 6.58. The van der Waals surface area contributed by atoms with Crippen molar-refractivity contribution >= 4 is 39.9 Å². The smallest absolute Gasteiger partial charge is 0.285 e. The molecule has 1 N–H and O–H groups in total. The molecule has 156 valence electrons. The second-order valence-corrected chi connectivity index (χ2v) is 8.47. The summed E-state index contributed by atoms with van der Waals surface area (Å²) in [5.74, 6) is 0.644. The van der Waals surface area contributed by atoms with Crippen molar-refractivity contribution in [1.82, 2.24) is 9.88 Å². The van der Waals surface area contributed by atoms with E-state index in [1.54, 1.807) is 26.2 Å². The maximum atomic E-state index is 12.4. The molecule has 0 aliphatic rings. The number of ether oxygens (including phenoxy) is 1. The van der Waals surface area contributed by atoms with Crippen LogP contribution in [-0.4, -0.2) is 41.7 Å². The summed E-state index contributed by atoms with van der Waals surface area (Å²) in [6, 6.07) is 15.0. The highest BCUT2D eigenvalue weighted by atomic mass is 32.2. The van der Waals surface area contributed by atoms with Crippen LogP contribution in [-0.2, 0) is 11.2 Å². The van der Waals surface area contributed by atoms with E-state index in [4.69, 9.17) is 4.74 Å². The van der Waals surface area contributed by atoms with E-state index in [1.807, 2.05) is 48.7 Å². The Balaban J connectivity index is 1.60. The Morgan fingerprint density at radius 1 is 1.13 bits per heavy atom. The first kappa shape index (κ1) is 21.9. The topological polar surface area (TPSA) is 71.5 Å². The number of hydrogen-bond acceptors (Lipinski definition) is 6. The lowest BCUT2D eigenvalue weighted by molar-refractivity contribution is -0.115. The summed E-state index contributed by atoms with van der Waals surface area (Å²) >= 11 is 2.63. The first-order valence-electron chi connectivity index (χ1n) is 9.42. The average molecular weight is 442 g/mol. The number of anilines is 1. The summed E-state index contributed by atoms with van der Waals surface area (Å²) in [6.45, 7) is 2.53. The van der Waals surface area contributed by atoms with Gasteiger partial charge in [-0.25, -0.2) is 4.98 Å². The number of amides is 2. The van der Waals surface area contributed by atoms with Crippen molar-refractivity contribution in [2.75, 3.05) is 26.0 Å².